The summed E-state index contributed by atoms with van der Waals surface area (Å²) >= 11 is 0. The zero-order chi connectivity index (χ0) is 12.3. The topological polar surface area (TPSA) is 34.1 Å². The zero-order valence-electron chi connectivity index (χ0n) is 9.42. The predicted molar refractivity (Wildman–Crippen MR) is 72.2 cm³/mol. The van der Waals surface area contributed by atoms with Gasteiger partial charge >= 0.3 is 0 Å². The van der Waals surface area contributed by atoms with E-state index in [9.17, 15) is 8.42 Å². The van der Waals surface area contributed by atoms with E-state index in [0.29, 0.717) is 18.4 Å². The maximum Gasteiger partial charge on any atom is 0.207 e. The van der Waals surface area contributed by atoms with Crippen LogP contribution in [-0.2, 0) is 9.84 Å². The predicted octanol–water partition coefficient (Wildman–Crippen LogP) is 2.45. The van der Waals surface area contributed by atoms with Crippen molar-refractivity contribution >= 4 is 23.7 Å². The van der Waals surface area contributed by atoms with Gasteiger partial charge in [-0.25, -0.2) is 8.42 Å². The number of benzene rings is 2. The molecule has 0 radical (unpaired) electrons. The lowest BCUT2D eigenvalue weighted by Crippen LogP contribution is -2.11. The van der Waals surface area contributed by atoms with Crippen molar-refractivity contribution in [3.05, 3.63) is 54.6 Å². The first-order valence-corrected chi connectivity index (χ1v) is 8.21. The molecule has 17 heavy (non-hydrogen) atoms. The molecule has 88 valence electrons. The molecule has 0 aliphatic heterocycles. The van der Waals surface area contributed by atoms with Gasteiger partial charge in [-0.3, -0.25) is 0 Å². The summed E-state index contributed by atoms with van der Waals surface area (Å²) in [4.78, 5) is 0.776. The van der Waals surface area contributed by atoms with Gasteiger partial charge in [0.2, 0.25) is 9.84 Å². The van der Waals surface area contributed by atoms with Crippen LogP contribution in [0.2, 0.25) is 0 Å². The summed E-state index contributed by atoms with van der Waals surface area (Å²) in [6, 6.07) is 15.7. The Bertz CT molecular complexity index is 606. The van der Waals surface area contributed by atoms with Gasteiger partial charge in [0.15, 0.2) is 0 Å². The molecule has 1 atom stereocenters. The fourth-order valence-electron chi connectivity index (χ4n) is 1.63. The summed E-state index contributed by atoms with van der Waals surface area (Å²) in [6.45, 7) is 1.99. The van der Waals surface area contributed by atoms with Gasteiger partial charge in [0.25, 0.3) is 0 Å². The van der Waals surface area contributed by atoms with E-state index in [1.807, 2.05) is 24.9 Å². The molecule has 0 fully saturated rings. The smallest absolute Gasteiger partial charge is 0.207 e. The van der Waals surface area contributed by atoms with Gasteiger partial charge in [-0.05, 0) is 30.2 Å². The van der Waals surface area contributed by atoms with Crippen molar-refractivity contribution < 1.29 is 8.42 Å². The normalized spacial score (nSPS) is 12.1. The van der Waals surface area contributed by atoms with Crippen LogP contribution in [0.25, 0.3) is 0 Å². The molecule has 2 rings (SSSR count). The third-order valence-electron chi connectivity index (χ3n) is 2.50. The average Bonchev–Trinajstić information content (AvgIpc) is 2.39. The van der Waals surface area contributed by atoms with Crippen LogP contribution in [0.5, 0.6) is 0 Å². The summed E-state index contributed by atoms with van der Waals surface area (Å²) in [5.41, 5.74) is 0. The van der Waals surface area contributed by atoms with E-state index in [0.717, 1.165) is 5.30 Å². The van der Waals surface area contributed by atoms with Crippen LogP contribution in [0.3, 0.4) is 0 Å². The Morgan fingerprint density at radius 2 is 1.47 bits per heavy atom. The van der Waals surface area contributed by atoms with Gasteiger partial charge in [-0.15, -0.1) is 0 Å². The zero-order valence-corrected chi connectivity index (χ0v) is 11.2. The monoisotopic (exact) mass is 264 g/mol. The van der Waals surface area contributed by atoms with Gasteiger partial charge in [-0.2, -0.15) is 0 Å². The lowest BCUT2D eigenvalue weighted by atomic mass is 10.4. The van der Waals surface area contributed by atoms with Crippen molar-refractivity contribution in [2.45, 2.75) is 9.79 Å². The molecular formula is C13H13O2PS. The quantitative estimate of drug-likeness (QED) is 0.798. The summed E-state index contributed by atoms with van der Waals surface area (Å²) in [5, 5.41) is 0.886. The molecule has 1 unspecified atom stereocenters. The first-order chi connectivity index (χ1) is 8.16. The minimum atomic E-state index is -3.37. The van der Waals surface area contributed by atoms with Gasteiger partial charge in [0.05, 0.1) is 9.79 Å². The van der Waals surface area contributed by atoms with Gasteiger partial charge < -0.3 is 0 Å². The first-order valence-electron chi connectivity index (χ1n) is 5.23. The van der Waals surface area contributed by atoms with Crippen molar-refractivity contribution in [3.8, 4) is 0 Å². The molecule has 0 aliphatic rings. The fourth-order valence-corrected chi connectivity index (χ4v) is 4.32. The van der Waals surface area contributed by atoms with Crippen LogP contribution in [0.15, 0.2) is 64.4 Å². The lowest BCUT2D eigenvalue weighted by Gasteiger charge is -2.08. The van der Waals surface area contributed by atoms with E-state index in [1.54, 1.807) is 36.4 Å². The number of rotatable bonds is 3. The minimum Gasteiger partial charge on any atom is -0.218 e. The molecule has 0 saturated heterocycles. The van der Waals surface area contributed by atoms with Crippen LogP contribution in [0.4, 0.5) is 0 Å². The van der Waals surface area contributed by atoms with Crippen LogP contribution < -0.4 is 5.30 Å². The Morgan fingerprint density at radius 3 is 2.12 bits per heavy atom. The molecule has 0 aliphatic carbocycles. The minimum absolute atomic E-state index is 0.353. The van der Waals surface area contributed by atoms with E-state index < -0.39 is 9.84 Å². The van der Waals surface area contributed by atoms with Crippen LogP contribution in [0, 0.1) is 0 Å². The third-order valence-corrected chi connectivity index (χ3v) is 5.48. The molecule has 0 heterocycles. The third kappa shape index (κ3) is 2.41. The molecule has 4 heteroatoms. The highest BCUT2D eigenvalue weighted by Gasteiger charge is 2.19. The Balaban J connectivity index is 2.61. The summed E-state index contributed by atoms with van der Waals surface area (Å²) in [6.07, 6.45) is 0. The SMILES string of the molecule is CPc1ccccc1S(=O)(=O)c1ccccc1. The van der Waals surface area contributed by atoms with Gasteiger partial charge in [0.1, 0.15) is 0 Å². The molecule has 0 spiro atoms. The van der Waals surface area contributed by atoms with Crippen molar-refractivity contribution in [2.75, 3.05) is 6.66 Å². The summed E-state index contributed by atoms with van der Waals surface area (Å²) < 4.78 is 24.8. The molecular weight excluding hydrogens is 251 g/mol. The standard InChI is InChI=1S/C13H13O2PS/c1-16-12-9-5-6-10-13(12)17(14,15)11-7-3-2-4-8-11/h2-10,16H,1H3. The highest BCUT2D eigenvalue weighted by molar-refractivity contribution is 7.92. The molecule has 2 aromatic carbocycles. The number of hydrogen-bond acceptors (Lipinski definition) is 2. The molecule has 0 bridgehead atoms. The second kappa shape index (κ2) is 4.99. The molecule has 0 aromatic heterocycles. The van der Waals surface area contributed by atoms with Crippen molar-refractivity contribution in [1.29, 1.82) is 0 Å². The Morgan fingerprint density at radius 1 is 0.882 bits per heavy atom. The highest BCUT2D eigenvalue weighted by Crippen LogP contribution is 2.22. The second-order valence-electron chi connectivity index (χ2n) is 3.56. The Hall–Kier alpha value is -1.18. The van der Waals surface area contributed by atoms with E-state index in [-0.39, 0.29) is 0 Å². The maximum atomic E-state index is 12.4. The van der Waals surface area contributed by atoms with E-state index >= 15 is 0 Å². The lowest BCUT2D eigenvalue weighted by molar-refractivity contribution is 0.596. The van der Waals surface area contributed by atoms with Crippen LogP contribution >= 0.6 is 8.58 Å². The van der Waals surface area contributed by atoms with Crippen molar-refractivity contribution in [3.63, 3.8) is 0 Å². The number of sulfone groups is 1. The van der Waals surface area contributed by atoms with Crippen LogP contribution in [-0.4, -0.2) is 15.1 Å². The molecule has 0 amide bonds. The highest BCUT2D eigenvalue weighted by atomic mass is 32.2. The number of hydrogen-bond donors (Lipinski definition) is 0. The second-order valence-corrected chi connectivity index (χ2v) is 6.52. The van der Waals surface area contributed by atoms with E-state index in [4.69, 9.17) is 0 Å². The fraction of sp³-hybridized carbons (Fsp3) is 0.0769. The largest absolute Gasteiger partial charge is 0.218 e. The maximum absolute atomic E-state index is 12.4. The molecule has 0 saturated carbocycles. The summed E-state index contributed by atoms with van der Waals surface area (Å²) in [7, 11) is -2.91. The average molecular weight is 264 g/mol. The van der Waals surface area contributed by atoms with Gasteiger partial charge in [0, 0.05) is 0 Å². The summed E-state index contributed by atoms with van der Waals surface area (Å²) in [5.74, 6) is 0. The van der Waals surface area contributed by atoms with E-state index in [1.165, 1.54) is 0 Å². The Kier molecular flexibility index (Phi) is 3.60. The first kappa shape index (κ1) is 12.3. The van der Waals surface area contributed by atoms with E-state index in [2.05, 4.69) is 0 Å². The van der Waals surface area contributed by atoms with Crippen molar-refractivity contribution in [1.82, 2.24) is 0 Å². The molecule has 2 aromatic rings. The van der Waals surface area contributed by atoms with Gasteiger partial charge in [-0.1, -0.05) is 45.0 Å². The Labute approximate surface area is 103 Å². The molecule has 2 nitrogen and oxygen atoms in total. The molecule has 0 N–H and O–H groups in total. The van der Waals surface area contributed by atoms with Crippen LogP contribution in [0.1, 0.15) is 0 Å². The van der Waals surface area contributed by atoms with Crippen molar-refractivity contribution in [2.24, 2.45) is 0 Å².